The Kier molecular flexibility index (Phi) is 16.2. The molecular weight excluding hydrogens is 514 g/mol. The SMILES string of the molecule is CC(C)C(NC(=O)C(N)CCC(N)=O)C(=O)NC(CCCN=C(N)N)C(=O)NC(CCCN=C(N)N)C(=O)O. The number of aliphatic imine (C=N–C) groups is 2. The number of aliphatic carboxylic acids is 1. The zero-order valence-electron chi connectivity index (χ0n) is 22.4. The van der Waals surface area contributed by atoms with Gasteiger partial charge in [-0.3, -0.25) is 29.2 Å². The number of carbonyl (C=O) groups excluding carboxylic acids is 4. The van der Waals surface area contributed by atoms with Crippen LogP contribution in [-0.2, 0) is 24.0 Å². The predicted octanol–water partition coefficient (Wildman–Crippen LogP) is -4.12. The van der Waals surface area contributed by atoms with Gasteiger partial charge in [0, 0.05) is 19.5 Å². The highest BCUT2D eigenvalue weighted by molar-refractivity contribution is 5.94. The lowest BCUT2D eigenvalue weighted by molar-refractivity contribution is -0.142. The van der Waals surface area contributed by atoms with Crippen LogP contribution in [0.4, 0.5) is 0 Å². The standard InChI is InChI=1S/C22H43N11O6/c1-11(2)16(33-17(35)12(23)7-8-15(24)34)19(37)31-13(5-3-9-29-21(25)26)18(36)32-14(20(38)39)6-4-10-30-22(27)28/h11-14,16H,3-10,23H2,1-2H3,(H2,24,34)(H,31,37)(H,32,36)(H,33,35)(H,38,39)(H4,25,26,29)(H4,27,28,30). The maximum atomic E-state index is 13.1. The highest BCUT2D eigenvalue weighted by Gasteiger charge is 2.31. The number of carboxylic acid groups (broad SMARTS) is 1. The van der Waals surface area contributed by atoms with E-state index in [9.17, 15) is 29.1 Å². The van der Waals surface area contributed by atoms with Gasteiger partial charge in [0.2, 0.25) is 23.6 Å². The summed E-state index contributed by atoms with van der Waals surface area (Å²) in [6.07, 6.45) is 0.514. The number of carbonyl (C=O) groups is 5. The van der Waals surface area contributed by atoms with Crippen molar-refractivity contribution in [1.29, 1.82) is 0 Å². The highest BCUT2D eigenvalue weighted by atomic mass is 16.4. The summed E-state index contributed by atoms with van der Waals surface area (Å²) in [5, 5.41) is 17.0. The summed E-state index contributed by atoms with van der Waals surface area (Å²) in [6.45, 7) is 3.66. The number of guanidine groups is 2. The Morgan fingerprint density at radius 2 is 1.21 bits per heavy atom. The first kappa shape index (κ1) is 34.9. The third kappa shape index (κ3) is 15.6. The van der Waals surface area contributed by atoms with Gasteiger partial charge in [-0.15, -0.1) is 0 Å². The monoisotopic (exact) mass is 557 g/mol. The molecule has 0 aliphatic carbocycles. The summed E-state index contributed by atoms with van der Waals surface area (Å²) < 4.78 is 0. The molecule has 0 aromatic carbocycles. The second kappa shape index (κ2) is 18.2. The van der Waals surface area contributed by atoms with Crippen molar-refractivity contribution in [1.82, 2.24) is 16.0 Å². The van der Waals surface area contributed by atoms with E-state index >= 15 is 0 Å². The van der Waals surface area contributed by atoms with Crippen molar-refractivity contribution in [2.45, 2.75) is 76.5 Å². The Morgan fingerprint density at radius 1 is 0.718 bits per heavy atom. The van der Waals surface area contributed by atoms with Crippen molar-refractivity contribution in [3.05, 3.63) is 0 Å². The van der Waals surface area contributed by atoms with Gasteiger partial charge >= 0.3 is 5.97 Å². The molecular formula is C22H43N11O6. The Bertz CT molecular complexity index is 901. The van der Waals surface area contributed by atoms with E-state index in [0.717, 1.165) is 0 Å². The highest BCUT2D eigenvalue weighted by Crippen LogP contribution is 2.08. The molecule has 222 valence electrons. The molecule has 0 aliphatic rings. The summed E-state index contributed by atoms with van der Waals surface area (Å²) in [6, 6.07) is -4.61. The maximum Gasteiger partial charge on any atom is 0.326 e. The number of rotatable bonds is 19. The smallest absolute Gasteiger partial charge is 0.326 e. The van der Waals surface area contributed by atoms with Gasteiger partial charge in [0.05, 0.1) is 6.04 Å². The van der Waals surface area contributed by atoms with Gasteiger partial charge in [0.15, 0.2) is 11.9 Å². The second-order valence-corrected chi connectivity index (χ2v) is 9.20. The maximum absolute atomic E-state index is 13.1. The van der Waals surface area contributed by atoms with Crippen LogP contribution in [0.1, 0.15) is 52.4 Å². The van der Waals surface area contributed by atoms with E-state index in [0.29, 0.717) is 0 Å². The minimum Gasteiger partial charge on any atom is -0.480 e. The third-order valence-electron chi connectivity index (χ3n) is 5.42. The molecule has 0 aromatic rings. The topological polar surface area (TPSA) is 323 Å². The fourth-order valence-corrected chi connectivity index (χ4v) is 3.29. The summed E-state index contributed by atoms with van der Waals surface area (Å²) in [7, 11) is 0. The number of nitrogens with one attached hydrogen (secondary N) is 3. The second-order valence-electron chi connectivity index (χ2n) is 9.20. The quantitative estimate of drug-likeness (QED) is 0.0413. The molecule has 0 fully saturated rings. The Hall–Kier alpha value is -4.15. The van der Waals surface area contributed by atoms with Crippen LogP contribution in [0.5, 0.6) is 0 Å². The molecule has 17 heteroatoms. The molecule has 0 aliphatic heterocycles. The summed E-state index contributed by atoms with van der Waals surface area (Å²) in [4.78, 5) is 68.9. The summed E-state index contributed by atoms with van der Waals surface area (Å²) in [5.74, 6) is -4.73. The molecule has 4 atom stereocenters. The van der Waals surface area contributed by atoms with Crippen molar-refractivity contribution in [2.75, 3.05) is 13.1 Å². The third-order valence-corrected chi connectivity index (χ3v) is 5.42. The number of hydrogen-bond donors (Lipinski definition) is 10. The molecule has 0 heterocycles. The lowest BCUT2D eigenvalue weighted by atomic mass is 10.0. The molecule has 17 nitrogen and oxygen atoms in total. The Morgan fingerprint density at radius 3 is 1.64 bits per heavy atom. The van der Waals surface area contributed by atoms with E-state index in [1.54, 1.807) is 13.8 Å². The van der Waals surface area contributed by atoms with Crippen LogP contribution in [0.15, 0.2) is 9.98 Å². The van der Waals surface area contributed by atoms with Crippen LogP contribution in [-0.4, -0.2) is 83.9 Å². The van der Waals surface area contributed by atoms with Crippen LogP contribution in [0, 0.1) is 5.92 Å². The minimum atomic E-state index is -1.28. The Balaban J connectivity index is 5.56. The Labute approximate surface area is 226 Å². The first-order valence-corrected chi connectivity index (χ1v) is 12.4. The molecule has 0 bridgehead atoms. The van der Waals surface area contributed by atoms with E-state index < -0.39 is 59.7 Å². The van der Waals surface area contributed by atoms with Crippen molar-refractivity contribution >= 4 is 41.5 Å². The average Bonchev–Trinajstić information content (AvgIpc) is 2.83. The van der Waals surface area contributed by atoms with Crippen LogP contribution in [0.3, 0.4) is 0 Å². The molecule has 0 saturated heterocycles. The molecule has 0 spiro atoms. The lowest BCUT2D eigenvalue weighted by Crippen LogP contribution is -2.58. The molecule has 4 unspecified atom stereocenters. The number of amides is 4. The normalized spacial score (nSPS) is 13.7. The van der Waals surface area contributed by atoms with Gasteiger partial charge in [0.1, 0.15) is 18.1 Å². The summed E-state index contributed by atoms with van der Waals surface area (Å²) >= 11 is 0. The lowest BCUT2D eigenvalue weighted by Gasteiger charge is -2.27. The fourth-order valence-electron chi connectivity index (χ4n) is 3.29. The van der Waals surface area contributed by atoms with Crippen molar-refractivity contribution in [3.63, 3.8) is 0 Å². The zero-order valence-corrected chi connectivity index (χ0v) is 22.4. The van der Waals surface area contributed by atoms with Crippen LogP contribution >= 0.6 is 0 Å². The zero-order chi connectivity index (χ0) is 30.1. The largest absolute Gasteiger partial charge is 0.480 e. The van der Waals surface area contributed by atoms with Crippen molar-refractivity contribution < 1.29 is 29.1 Å². The molecule has 0 radical (unpaired) electrons. The minimum absolute atomic E-state index is 0.0107. The van der Waals surface area contributed by atoms with Gasteiger partial charge in [0.25, 0.3) is 0 Å². The van der Waals surface area contributed by atoms with Crippen LogP contribution in [0.25, 0.3) is 0 Å². The van der Waals surface area contributed by atoms with Crippen molar-refractivity contribution in [2.24, 2.45) is 50.3 Å². The fraction of sp³-hybridized carbons (Fsp3) is 0.682. The molecule has 39 heavy (non-hydrogen) atoms. The van der Waals surface area contributed by atoms with E-state index in [2.05, 4.69) is 25.9 Å². The van der Waals surface area contributed by atoms with E-state index in [4.69, 9.17) is 34.4 Å². The molecule has 0 rings (SSSR count). The van der Waals surface area contributed by atoms with Gasteiger partial charge in [-0.2, -0.15) is 0 Å². The van der Waals surface area contributed by atoms with Gasteiger partial charge in [-0.25, -0.2) is 4.79 Å². The first-order valence-electron chi connectivity index (χ1n) is 12.4. The first-order chi connectivity index (χ1) is 18.1. The number of hydrogen-bond acceptors (Lipinski definition) is 8. The number of carboxylic acids is 1. The average molecular weight is 558 g/mol. The van der Waals surface area contributed by atoms with Crippen molar-refractivity contribution in [3.8, 4) is 0 Å². The number of primary amides is 1. The molecule has 16 N–H and O–H groups in total. The van der Waals surface area contributed by atoms with Gasteiger partial charge in [-0.05, 0) is 38.0 Å². The number of nitrogens with two attached hydrogens (primary N) is 6. The molecule has 4 amide bonds. The van der Waals surface area contributed by atoms with Crippen LogP contribution in [0.2, 0.25) is 0 Å². The summed E-state index contributed by atoms with van der Waals surface area (Å²) in [5.41, 5.74) is 32.0. The molecule has 0 aromatic heterocycles. The molecule has 0 saturated carbocycles. The van der Waals surface area contributed by atoms with Crippen LogP contribution < -0.4 is 50.4 Å². The van der Waals surface area contributed by atoms with Gasteiger partial charge in [-0.1, -0.05) is 13.8 Å². The predicted molar refractivity (Wildman–Crippen MR) is 144 cm³/mol. The van der Waals surface area contributed by atoms with Gasteiger partial charge < -0.3 is 55.5 Å². The van der Waals surface area contributed by atoms with E-state index in [1.807, 2.05) is 0 Å². The van der Waals surface area contributed by atoms with E-state index in [-0.39, 0.29) is 63.5 Å². The van der Waals surface area contributed by atoms with E-state index in [1.165, 1.54) is 0 Å². The number of nitrogens with zero attached hydrogens (tertiary/aromatic N) is 2.